The molecule has 0 amide bonds. The molecule has 1 unspecified atom stereocenters. The summed E-state index contributed by atoms with van der Waals surface area (Å²) in [6.45, 7) is 6.48. The van der Waals surface area contributed by atoms with E-state index in [0.717, 1.165) is 109 Å². The molecule has 0 aromatic heterocycles. The Morgan fingerprint density at radius 1 is 0.300 bits per heavy atom. The van der Waals surface area contributed by atoms with Crippen molar-refractivity contribution in [2.24, 2.45) is 0 Å². The Morgan fingerprint density at radius 2 is 0.586 bits per heavy atom. The van der Waals surface area contributed by atoms with Crippen molar-refractivity contribution < 1.29 is 28.6 Å². The van der Waals surface area contributed by atoms with Gasteiger partial charge in [0.15, 0.2) is 6.10 Å². The summed E-state index contributed by atoms with van der Waals surface area (Å²) in [6.07, 6.45) is 74.8. The van der Waals surface area contributed by atoms with Gasteiger partial charge in [-0.15, -0.1) is 0 Å². The highest BCUT2D eigenvalue weighted by Gasteiger charge is 2.19. The van der Waals surface area contributed by atoms with Gasteiger partial charge in [-0.1, -0.05) is 267 Å². The number of unbranched alkanes of at least 4 members (excludes halogenated alkanes) is 31. The van der Waals surface area contributed by atoms with Crippen LogP contribution in [0.25, 0.3) is 0 Å². The third kappa shape index (κ3) is 55.8. The van der Waals surface area contributed by atoms with Crippen molar-refractivity contribution in [1.29, 1.82) is 0 Å². The van der Waals surface area contributed by atoms with E-state index in [-0.39, 0.29) is 31.1 Å². The predicted molar refractivity (Wildman–Crippen MR) is 302 cm³/mol. The molecule has 0 aliphatic heterocycles. The van der Waals surface area contributed by atoms with Gasteiger partial charge in [0.05, 0.1) is 0 Å². The maximum atomic E-state index is 12.9. The van der Waals surface area contributed by atoms with E-state index in [1.807, 2.05) is 0 Å². The zero-order chi connectivity index (χ0) is 50.7. The summed E-state index contributed by atoms with van der Waals surface area (Å²) in [4.78, 5) is 38.1. The maximum Gasteiger partial charge on any atom is 0.306 e. The minimum absolute atomic E-state index is 0.0787. The van der Waals surface area contributed by atoms with Gasteiger partial charge in [-0.3, -0.25) is 14.4 Å². The van der Waals surface area contributed by atoms with E-state index in [0.29, 0.717) is 19.3 Å². The van der Waals surface area contributed by atoms with Crippen LogP contribution in [0.5, 0.6) is 0 Å². The maximum absolute atomic E-state index is 12.9. The van der Waals surface area contributed by atoms with Gasteiger partial charge in [-0.25, -0.2) is 0 Å². The number of ether oxygens (including phenoxy) is 3. The number of carbonyl (C=O) groups is 3. The smallest absolute Gasteiger partial charge is 0.306 e. The number of allylic oxidation sites excluding steroid dienone is 12. The van der Waals surface area contributed by atoms with Crippen LogP contribution in [0.15, 0.2) is 72.9 Å². The Labute approximate surface area is 433 Å². The Hall–Kier alpha value is -3.15. The number of esters is 3. The standard InChI is InChI=1S/C64H112O6/c1-4-7-10-13-16-19-22-24-26-28-29-30-31-32-33-34-35-37-38-40-42-45-48-51-54-57-63(66)69-60-61(59-68-62(65)56-53-50-47-44-21-18-15-12-9-6-3)70-64(67)58-55-52-49-46-43-41-39-36-27-25-23-20-17-14-11-8-5-2/h7,10,12,15-16,19,24,26,29-30,32-33,61H,4-6,8-9,11,13-14,17-18,20-23,25,27-28,31,34-60H2,1-3H3/b10-7-,15-12-,19-16-,26-24-,30-29-,33-32-. The molecular formula is C64H112O6. The lowest BCUT2D eigenvalue weighted by atomic mass is 10.0. The lowest BCUT2D eigenvalue weighted by Gasteiger charge is -2.18. The Morgan fingerprint density at radius 3 is 0.943 bits per heavy atom. The fourth-order valence-corrected chi connectivity index (χ4v) is 8.47. The molecule has 0 saturated carbocycles. The first kappa shape index (κ1) is 66.9. The second-order valence-electron chi connectivity index (χ2n) is 19.9. The summed E-state index contributed by atoms with van der Waals surface area (Å²) in [5.74, 6) is -0.883. The first-order valence-electron chi connectivity index (χ1n) is 29.9. The molecule has 0 aliphatic rings. The molecule has 0 fully saturated rings. The van der Waals surface area contributed by atoms with Crippen LogP contribution in [0.3, 0.4) is 0 Å². The van der Waals surface area contributed by atoms with Crippen LogP contribution in [0.1, 0.15) is 297 Å². The molecule has 0 heterocycles. The zero-order valence-electron chi connectivity index (χ0n) is 46.3. The molecule has 6 heteroatoms. The van der Waals surface area contributed by atoms with E-state index in [1.165, 1.54) is 148 Å². The molecule has 0 spiro atoms. The average Bonchev–Trinajstić information content (AvgIpc) is 3.36. The van der Waals surface area contributed by atoms with E-state index >= 15 is 0 Å². The summed E-state index contributed by atoms with van der Waals surface area (Å²) in [7, 11) is 0. The van der Waals surface area contributed by atoms with Crippen LogP contribution in [0, 0.1) is 0 Å². The molecule has 1 atom stereocenters. The van der Waals surface area contributed by atoms with Gasteiger partial charge in [0, 0.05) is 19.3 Å². The monoisotopic (exact) mass is 977 g/mol. The van der Waals surface area contributed by atoms with E-state index in [1.54, 1.807) is 0 Å². The summed E-state index contributed by atoms with van der Waals surface area (Å²) in [5.41, 5.74) is 0. The van der Waals surface area contributed by atoms with Crippen molar-refractivity contribution in [3.63, 3.8) is 0 Å². The van der Waals surface area contributed by atoms with E-state index in [4.69, 9.17) is 14.2 Å². The van der Waals surface area contributed by atoms with Crippen LogP contribution < -0.4 is 0 Å². The molecule has 0 aromatic rings. The van der Waals surface area contributed by atoms with Gasteiger partial charge in [0.2, 0.25) is 0 Å². The van der Waals surface area contributed by atoms with Gasteiger partial charge >= 0.3 is 17.9 Å². The van der Waals surface area contributed by atoms with Crippen molar-refractivity contribution >= 4 is 17.9 Å². The molecule has 0 bridgehead atoms. The largest absolute Gasteiger partial charge is 0.462 e. The van der Waals surface area contributed by atoms with Crippen molar-refractivity contribution in [2.45, 2.75) is 303 Å². The second-order valence-corrected chi connectivity index (χ2v) is 19.9. The molecule has 6 nitrogen and oxygen atoms in total. The summed E-state index contributed by atoms with van der Waals surface area (Å²) < 4.78 is 16.9. The molecule has 0 rings (SSSR count). The highest BCUT2D eigenvalue weighted by molar-refractivity contribution is 5.71. The number of hydrogen-bond donors (Lipinski definition) is 0. The zero-order valence-corrected chi connectivity index (χ0v) is 46.3. The quantitative estimate of drug-likeness (QED) is 0.0261. The predicted octanol–water partition coefficient (Wildman–Crippen LogP) is 20.2. The fourth-order valence-electron chi connectivity index (χ4n) is 8.47. The van der Waals surface area contributed by atoms with Gasteiger partial charge in [0.25, 0.3) is 0 Å². The van der Waals surface area contributed by atoms with E-state index in [9.17, 15) is 14.4 Å². The molecule has 404 valence electrons. The van der Waals surface area contributed by atoms with Gasteiger partial charge < -0.3 is 14.2 Å². The first-order valence-corrected chi connectivity index (χ1v) is 29.9. The number of carbonyl (C=O) groups excluding carboxylic acids is 3. The lowest BCUT2D eigenvalue weighted by Crippen LogP contribution is -2.30. The average molecular weight is 978 g/mol. The Balaban J connectivity index is 4.25. The minimum atomic E-state index is -0.779. The topological polar surface area (TPSA) is 78.9 Å². The highest BCUT2D eigenvalue weighted by atomic mass is 16.6. The van der Waals surface area contributed by atoms with Crippen LogP contribution >= 0.6 is 0 Å². The Bertz CT molecular complexity index is 1310. The lowest BCUT2D eigenvalue weighted by molar-refractivity contribution is -0.167. The van der Waals surface area contributed by atoms with Crippen LogP contribution in [0.2, 0.25) is 0 Å². The summed E-state index contributed by atoms with van der Waals surface area (Å²) in [6, 6.07) is 0. The number of rotatable bonds is 54. The van der Waals surface area contributed by atoms with Crippen LogP contribution in [0.4, 0.5) is 0 Å². The van der Waals surface area contributed by atoms with Gasteiger partial charge in [-0.05, 0) is 83.5 Å². The molecule has 0 saturated heterocycles. The molecule has 0 N–H and O–H groups in total. The fraction of sp³-hybridized carbons (Fsp3) is 0.766. The van der Waals surface area contributed by atoms with Crippen LogP contribution in [-0.4, -0.2) is 37.2 Å². The molecule has 0 aliphatic carbocycles. The van der Waals surface area contributed by atoms with Crippen molar-refractivity contribution in [3.05, 3.63) is 72.9 Å². The van der Waals surface area contributed by atoms with Crippen molar-refractivity contribution in [1.82, 2.24) is 0 Å². The molecular weight excluding hydrogens is 865 g/mol. The van der Waals surface area contributed by atoms with Gasteiger partial charge in [-0.2, -0.15) is 0 Å². The third-order valence-corrected chi connectivity index (χ3v) is 12.9. The van der Waals surface area contributed by atoms with Crippen molar-refractivity contribution in [2.75, 3.05) is 13.2 Å². The first-order chi connectivity index (χ1) is 34.5. The highest BCUT2D eigenvalue weighted by Crippen LogP contribution is 2.16. The molecule has 0 aromatic carbocycles. The summed E-state index contributed by atoms with van der Waals surface area (Å²) >= 11 is 0. The van der Waals surface area contributed by atoms with Crippen LogP contribution in [-0.2, 0) is 28.6 Å². The minimum Gasteiger partial charge on any atom is -0.462 e. The van der Waals surface area contributed by atoms with E-state index in [2.05, 4.69) is 93.7 Å². The third-order valence-electron chi connectivity index (χ3n) is 12.9. The summed E-state index contributed by atoms with van der Waals surface area (Å²) in [5, 5.41) is 0. The normalized spacial score (nSPS) is 12.6. The molecule has 0 radical (unpaired) electrons. The Kier molecular flexibility index (Phi) is 55.8. The van der Waals surface area contributed by atoms with Gasteiger partial charge in [0.1, 0.15) is 13.2 Å². The van der Waals surface area contributed by atoms with Crippen molar-refractivity contribution in [3.8, 4) is 0 Å². The van der Waals surface area contributed by atoms with E-state index < -0.39 is 6.10 Å². The second kappa shape index (κ2) is 58.4. The molecule has 70 heavy (non-hydrogen) atoms. The number of hydrogen-bond acceptors (Lipinski definition) is 6. The SMILES string of the molecule is CC/C=C\C/C=C\C/C=C\C/C=C\C/C=C\CCCCCCCCCCCC(=O)OCC(COC(=O)CCCCCCC/C=C\CCC)OC(=O)CCCCCCCCCCCCCCCCCCC.